The van der Waals surface area contributed by atoms with Crippen molar-refractivity contribution in [3.8, 4) is 0 Å². The molecule has 3 aliphatic carbocycles. The number of aliphatic hydroxyl groups is 2. The fourth-order valence-corrected chi connectivity index (χ4v) is 10.6. The number of esters is 4. The summed E-state index contributed by atoms with van der Waals surface area (Å²) in [5.41, 5.74) is -6.63. The summed E-state index contributed by atoms with van der Waals surface area (Å²) in [5.74, 6) is -6.43. The van der Waals surface area contributed by atoms with Gasteiger partial charge in [-0.1, -0.05) is 80.6 Å². The maximum absolute atomic E-state index is 15.5. The van der Waals surface area contributed by atoms with Crippen molar-refractivity contribution in [2.24, 2.45) is 16.7 Å². The van der Waals surface area contributed by atoms with Gasteiger partial charge in [0.1, 0.15) is 23.9 Å². The van der Waals surface area contributed by atoms with Crippen LogP contribution in [0.2, 0.25) is 0 Å². The van der Waals surface area contributed by atoms with Crippen LogP contribution in [0, 0.1) is 16.7 Å². The molecule has 3 N–H and O–H groups in total. The molecule has 1 aliphatic heterocycles. The summed E-state index contributed by atoms with van der Waals surface area (Å²) < 4.78 is 36.3. The number of nitrogens with one attached hydrogen (secondary N) is 1. The molecule has 2 saturated carbocycles. The second-order valence-corrected chi connectivity index (χ2v) is 17.7. The first-order valence-electron chi connectivity index (χ1n) is 20.7. The third-order valence-electron chi connectivity index (χ3n) is 13.6. The second-order valence-electron chi connectivity index (χ2n) is 17.5. The molecule has 334 valence electrons. The van der Waals surface area contributed by atoms with Crippen LogP contribution >= 0.6 is 9.47 Å². The van der Waals surface area contributed by atoms with Gasteiger partial charge in [-0.2, -0.15) is 0 Å². The zero-order valence-electron chi connectivity index (χ0n) is 35.8. The molecule has 63 heavy (non-hydrogen) atoms. The van der Waals surface area contributed by atoms with Crippen molar-refractivity contribution in [1.82, 2.24) is 5.32 Å². The number of hydrogen-bond donors (Lipinski definition) is 3. The summed E-state index contributed by atoms with van der Waals surface area (Å²) >= 11 is 0. The van der Waals surface area contributed by atoms with Crippen molar-refractivity contribution in [2.75, 3.05) is 6.61 Å². The average molecular weight is 886 g/mol. The SMILES string of the molecule is CC(=O)O[C@H]1C(=O)[C@@]2(C)[C@H]([C@H](OC(=O)c3ccccc3)[C@]3(O)C[C@H](OC(=O)[C@H](OP)[C@@H](NC(=O)c4ccccc4)c4ccccc4)C(C)=C1C3(C)C)[C@]1(OC(C)=O)CO[C@@H]1C[C@@H]2O. The van der Waals surface area contributed by atoms with Crippen molar-refractivity contribution in [2.45, 2.75) is 108 Å². The fourth-order valence-electron chi connectivity index (χ4n) is 10.3. The zero-order valence-corrected chi connectivity index (χ0v) is 36.9. The quantitative estimate of drug-likeness (QED) is 0.105. The van der Waals surface area contributed by atoms with Gasteiger partial charge in [-0.25, -0.2) is 9.59 Å². The number of carbonyl (C=O) groups excluding carboxylic acids is 6. The third-order valence-corrected chi connectivity index (χ3v) is 13.9. The number of aliphatic hydroxyl groups excluding tert-OH is 1. The molecular weight excluding hydrogens is 833 g/mol. The normalized spacial score (nSPS) is 31.5. The van der Waals surface area contributed by atoms with Crippen LogP contribution in [0.15, 0.2) is 102 Å². The Morgan fingerprint density at radius 3 is 1.97 bits per heavy atom. The molecule has 2 bridgehead atoms. The highest BCUT2D eigenvalue weighted by Gasteiger charge is 2.78. The van der Waals surface area contributed by atoms with Crippen LogP contribution < -0.4 is 5.32 Å². The number of hydrogen-bond acceptors (Lipinski definition) is 14. The van der Waals surface area contributed by atoms with E-state index in [0.717, 1.165) is 6.92 Å². The summed E-state index contributed by atoms with van der Waals surface area (Å²) in [6, 6.07) is 23.8. The van der Waals surface area contributed by atoms with E-state index >= 15 is 4.79 Å². The largest absolute Gasteiger partial charge is 0.456 e. The number of benzene rings is 3. The van der Waals surface area contributed by atoms with E-state index in [-0.39, 0.29) is 29.7 Å². The molecule has 1 heterocycles. The molecule has 1 unspecified atom stereocenters. The van der Waals surface area contributed by atoms with Crippen molar-refractivity contribution >= 4 is 45.0 Å². The van der Waals surface area contributed by atoms with E-state index in [2.05, 4.69) is 5.32 Å². The highest BCUT2D eigenvalue weighted by Crippen LogP contribution is 2.64. The summed E-state index contributed by atoms with van der Waals surface area (Å²) in [4.78, 5) is 84.2. The summed E-state index contributed by atoms with van der Waals surface area (Å²) in [5, 5.41) is 28.7. The highest BCUT2D eigenvalue weighted by molar-refractivity contribution is 7.09. The molecule has 0 spiro atoms. The van der Waals surface area contributed by atoms with E-state index < -0.39 is 113 Å². The summed E-state index contributed by atoms with van der Waals surface area (Å²) in [7, 11) is 2.04. The lowest BCUT2D eigenvalue weighted by atomic mass is 9.44. The molecule has 4 aliphatic rings. The van der Waals surface area contributed by atoms with Gasteiger partial charge in [-0.15, -0.1) is 0 Å². The number of fused-ring (bicyclic) bond motifs is 5. The predicted molar refractivity (Wildman–Crippen MR) is 226 cm³/mol. The lowest BCUT2D eigenvalue weighted by molar-refractivity contribution is -0.346. The lowest BCUT2D eigenvalue weighted by Gasteiger charge is -2.67. The molecule has 12 atom stereocenters. The average Bonchev–Trinajstić information content (AvgIpc) is 3.25. The molecule has 3 aromatic rings. The number of rotatable bonds is 11. The Kier molecular flexibility index (Phi) is 12.6. The van der Waals surface area contributed by atoms with Crippen LogP contribution in [-0.4, -0.2) is 100 Å². The molecule has 0 radical (unpaired) electrons. The molecule has 7 rings (SSSR count). The van der Waals surface area contributed by atoms with Crippen LogP contribution in [0.3, 0.4) is 0 Å². The first-order chi connectivity index (χ1) is 29.8. The van der Waals surface area contributed by atoms with Gasteiger partial charge in [-0.05, 0) is 54.8 Å². The number of ketones is 1. The van der Waals surface area contributed by atoms with E-state index in [9.17, 15) is 34.2 Å². The predicted octanol–water partition coefficient (Wildman–Crippen LogP) is 4.55. The lowest BCUT2D eigenvalue weighted by Crippen LogP contribution is -2.82. The van der Waals surface area contributed by atoms with Crippen LogP contribution in [-0.2, 0) is 47.4 Å². The molecule has 1 amide bonds. The van der Waals surface area contributed by atoms with Gasteiger partial charge < -0.3 is 43.7 Å². The second kappa shape index (κ2) is 17.3. The number of ether oxygens (including phenoxy) is 5. The Morgan fingerprint density at radius 1 is 0.841 bits per heavy atom. The minimum atomic E-state index is -2.36. The van der Waals surface area contributed by atoms with Crippen molar-refractivity contribution in [1.29, 1.82) is 0 Å². The first-order valence-corrected chi connectivity index (χ1v) is 21.2. The molecule has 16 heteroatoms. The smallest absolute Gasteiger partial charge is 0.338 e. The van der Waals surface area contributed by atoms with E-state index in [4.69, 9.17) is 28.2 Å². The molecule has 0 aromatic heterocycles. The number of Topliss-reactive ketones (excluding diaryl/α,β-unsaturated/α-hetero) is 1. The van der Waals surface area contributed by atoms with E-state index in [1.54, 1.807) is 99.6 Å². The Hall–Kier alpha value is -5.31. The van der Waals surface area contributed by atoms with Gasteiger partial charge in [0.15, 0.2) is 23.6 Å². The standard InChI is InChI=1S/C47H52NO14P/c1-25-31(59-43(55)37(62-63)35(28-16-10-7-11-17-28)48-41(53)29-18-12-8-13-19-29)23-47(56)40(60-42(54)30-20-14-9-15-21-30)38-45(6,32(51)22-33-46(38,24-57-33)61-27(3)50)39(52)36(58-26(2)49)34(25)44(47,4)5/h7-21,31-33,35-38,40,51,56H,22-24,63H2,1-6H3,(H,48,53)/t31-,32-,33+,35-,36+,37+,38-,40-,45+,46-,47+/m0/s1. The van der Waals surface area contributed by atoms with Gasteiger partial charge in [0, 0.05) is 47.1 Å². The Balaban J connectivity index is 1.40. The highest BCUT2D eigenvalue weighted by atomic mass is 31.0. The number of carbonyl (C=O) groups is 6. The monoisotopic (exact) mass is 885 g/mol. The van der Waals surface area contributed by atoms with Gasteiger partial charge in [0.2, 0.25) is 0 Å². The topological polar surface area (TPSA) is 210 Å². The molecule has 3 aromatic carbocycles. The van der Waals surface area contributed by atoms with Crippen LogP contribution in [0.5, 0.6) is 0 Å². The van der Waals surface area contributed by atoms with Gasteiger partial charge >= 0.3 is 23.9 Å². The summed E-state index contributed by atoms with van der Waals surface area (Å²) in [6.07, 6.45) is -9.78. The van der Waals surface area contributed by atoms with E-state index in [1.165, 1.54) is 26.0 Å². The Bertz CT molecular complexity index is 2310. The minimum absolute atomic E-state index is 0.0377. The van der Waals surface area contributed by atoms with E-state index in [1.807, 2.05) is 9.47 Å². The van der Waals surface area contributed by atoms with Gasteiger partial charge in [-0.3, -0.25) is 19.2 Å². The van der Waals surface area contributed by atoms with Crippen molar-refractivity contribution < 1.29 is 67.2 Å². The van der Waals surface area contributed by atoms with E-state index in [0.29, 0.717) is 11.1 Å². The molecular formula is C47H52NO14P. The van der Waals surface area contributed by atoms with Crippen molar-refractivity contribution in [3.05, 3.63) is 119 Å². The maximum atomic E-state index is 15.5. The Labute approximate surface area is 367 Å². The maximum Gasteiger partial charge on any atom is 0.338 e. The summed E-state index contributed by atoms with van der Waals surface area (Å²) in [6.45, 7) is 8.14. The third kappa shape index (κ3) is 7.77. The minimum Gasteiger partial charge on any atom is -0.456 e. The van der Waals surface area contributed by atoms with Gasteiger partial charge in [0.25, 0.3) is 5.91 Å². The van der Waals surface area contributed by atoms with Crippen molar-refractivity contribution in [3.63, 3.8) is 0 Å². The zero-order chi connectivity index (χ0) is 45.6. The fraction of sp³-hybridized carbons (Fsp3) is 0.447. The Morgan fingerprint density at radius 2 is 1.43 bits per heavy atom. The number of amides is 1. The van der Waals surface area contributed by atoms with Crippen LogP contribution in [0.1, 0.15) is 86.7 Å². The first kappa shape index (κ1) is 45.7. The van der Waals surface area contributed by atoms with Gasteiger partial charge in [0.05, 0.1) is 35.6 Å². The molecule has 3 fully saturated rings. The van der Waals surface area contributed by atoms with Crippen LogP contribution in [0.4, 0.5) is 0 Å². The molecule has 15 nitrogen and oxygen atoms in total. The molecule has 1 saturated heterocycles. The van der Waals surface area contributed by atoms with Crippen LogP contribution in [0.25, 0.3) is 0 Å².